The highest BCUT2D eigenvalue weighted by Gasteiger charge is 1.98. The van der Waals surface area contributed by atoms with Crippen LogP contribution < -0.4 is 10.6 Å². The van der Waals surface area contributed by atoms with E-state index in [2.05, 4.69) is 63.3 Å². The number of nitrogens with zero attached hydrogens (tertiary/aromatic N) is 3. The van der Waals surface area contributed by atoms with E-state index in [4.69, 9.17) is 0 Å². The van der Waals surface area contributed by atoms with Crippen LogP contribution in [0.3, 0.4) is 0 Å². The zero-order valence-electron chi connectivity index (χ0n) is 13.1. The zero-order valence-corrected chi connectivity index (χ0v) is 15.5. The van der Waals surface area contributed by atoms with Crippen molar-refractivity contribution in [1.82, 2.24) is 20.2 Å². The molecule has 1 aromatic heterocycles. The van der Waals surface area contributed by atoms with Crippen LogP contribution in [0.2, 0.25) is 0 Å². The van der Waals surface area contributed by atoms with Crippen LogP contribution in [0.5, 0.6) is 0 Å². The Labute approximate surface area is 149 Å². The van der Waals surface area contributed by atoms with Crippen LogP contribution in [0, 0.1) is 0 Å². The number of hydrogen-bond acceptors (Lipinski definition) is 2. The highest BCUT2D eigenvalue weighted by Crippen LogP contribution is 2.07. The van der Waals surface area contributed by atoms with Gasteiger partial charge >= 0.3 is 0 Å². The summed E-state index contributed by atoms with van der Waals surface area (Å²) in [4.78, 5) is 8.61. The molecule has 0 saturated carbocycles. The molecule has 2 rings (SSSR count). The van der Waals surface area contributed by atoms with Gasteiger partial charge in [-0.15, -0.1) is 24.0 Å². The molecule has 0 aliphatic carbocycles. The van der Waals surface area contributed by atoms with Gasteiger partial charge in [-0.2, -0.15) is 0 Å². The molecule has 0 amide bonds. The number of rotatable bonds is 6. The molecule has 22 heavy (non-hydrogen) atoms. The summed E-state index contributed by atoms with van der Waals surface area (Å²) < 4.78 is 2.06. The number of guanidine groups is 1. The largest absolute Gasteiger partial charge is 0.357 e. The van der Waals surface area contributed by atoms with Crippen LogP contribution in [0.1, 0.15) is 25.0 Å². The van der Waals surface area contributed by atoms with Gasteiger partial charge in [-0.25, -0.2) is 9.98 Å². The number of imidazole rings is 1. The molecule has 6 heteroatoms. The van der Waals surface area contributed by atoms with Crippen molar-refractivity contribution in [2.45, 2.75) is 26.9 Å². The summed E-state index contributed by atoms with van der Waals surface area (Å²) in [6.07, 6.45) is 5.60. The van der Waals surface area contributed by atoms with E-state index in [1.807, 2.05) is 12.5 Å². The summed E-state index contributed by atoms with van der Waals surface area (Å²) >= 11 is 0. The van der Waals surface area contributed by atoms with E-state index < -0.39 is 0 Å². The van der Waals surface area contributed by atoms with E-state index in [0.717, 1.165) is 25.6 Å². The molecule has 0 fully saturated rings. The summed E-state index contributed by atoms with van der Waals surface area (Å²) in [5, 5.41) is 6.45. The van der Waals surface area contributed by atoms with E-state index in [9.17, 15) is 0 Å². The Morgan fingerprint density at radius 3 is 2.27 bits per heavy atom. The van der Waals surface area contributed by atoms with Gasteiger partial charge < -0.3 is 15.2 Å². The van der Waals surface area contributed by atoms with Crippen LogP contribution in [-0.2, 0) is 13.1 Å². The fourth-order valence-electron chi connectivity index (χ4n) is 2.02. The topological polar surface area (TPSA) is 54.2 Å². The molecule has 0 unspecified atom stereocenters. The number of hydrogen-bond donors (Lipinski definition) is 2. The lowest BCUT2D eigenvalue weighted by molar-refractivity contribution is 0.796. The van der Waals surface area contributed by atoms with E-state index in [1.165, 1.54) is 11.1 Å². The zero-order chi connectivity index (χ0) is 14.9. The van der Waals surface area contributed by atoms with Crippen molar-refractivity contribution in [2.75, 3.05) is 13.1 Å². The van der Waals surface area contributed by atoms with E-state index in [1.54, 1.807) is 6.20 Å². The maximum atomic E-state index is 4.56. The molecule has 120 valence electrons. The average Bonchev–Trinajstić information content (AvgIpc) is 3.00. The van der Waals surface area contributed by atoms with Crippen LogP contribution in [0.15, 0.2) is 48.0 Å². The normalized spacial score (nSPS) is 9.73. The summed E-state index contributed by atoms with van der Waals surface area (Å²) in [6.45, 7) is 7.41. The van der Waals surface area contributed by atoms with Gasteiger partial charge in [-0.05, 0) is 25.0 Å². The van der Waals surface area contributed by atoms with Crippen molar-refractivity contribution in [2.24, 2.45) is 4.99 Å². The number of halogens is 1. The molecule has 1 aromatic carbocycles. The third kappa shape index (κ3) is 6.05. The van der Waals surface area contributed by atoms with Gasteiger partial charge in [0.1, 0.15) is 0 Å². The second kappa shape index (κ2) is 10.2. The minimum Gasteiger partial charge on any atom is -0.357 e. The lowest BCUT2D eigenvalue weighted by atomic mass is 10.1. The Morgan fingerprint density at radius 1 is 1.09 bits per heavy atom. The predicted octanol–water partition coefficient (Wildman–Crippen LogP) is 2.62. The predicted molar refractivity (Wildman–Crippen MR) is 102 cm³/mol. The minimum absolute atomic E-state index is 0. The van der Waals surface area contributed by atoms with Crippen molar-refractivity contribution in [3.63, 3.8) is 0 Å². The summed E-state index contributed by atoms with van der Waals surface area (Å²) in [5.41, 5.74) is 2.47. The van der Waals surface area contributed by atoms with Gasteiger partial charge in [0.2, 0.25) is 0 Å². The molecule has 0 atom stereocenters. The van der Waals surface area contributed by atoms with Crippen molar-refractivity contribution < 1.29 is 0 Å². The van der Waals surface area contributed by atoms with E-state index >= 15 is 0 Å². The second-order valence-electron chi connectivity index (χ2n) is 4.78. The minimum atomic E-state index is 0. The first-order chi connectivity index (χ1) is 10.3. The molecule has 0 saturated heterocycles. The number of aliphatic imine (C=N–C) groups is 1. The maximum absolute atomic E-state index is 4.56. The molecule has 0 bridgehead atoms. The molecule has 0 spiro atoms. The first kappa shape index (κ1) is 18.5. The Bertz CT molecular complexity index is 540. The molecule has 0 aliphatic rings. The van der Waals surface area contributed by atoms with Gasteiger partial charge in [-0.3, -0.25) is 0 Å². The van der Waals surface area contributed by atoms with E-state index in [-0.39, 0.29) is 24.0 Å². The Kier molecular flexibility index (Phi) is 8.57. The highest BCUT2D eigenvalue weighted by molar-refractivity contribution is 14.0. The van der Waals surface area contributed by atoms with Gasteiger partial charge in [0.05, 0.1) is 12.9 Å². The molecule has 2 aromatic rings. The lowest BCUT2D eigenvalue weighted by Crippen LogP contribution is -2.36. The standard InChI is InChI=1S/C16H23N5.HI/c1-3-18-16(19-4-2)20-11-14-5-7-15(8-6-14)12-21-10-9-17-13-21;/h5-10,13H,3-4,11-12H2,1-2H3,(H2,18,19,20);1H. The van der Waals surface area contributed by atoms with Crippen LogP contribution in [-0.4, -0.2) is 28.6 Å². The average molecular weight is 413 g/mol. The molecule has 0 radical (unpaired) electrons. The third-order valence-corrected chi connectivity index (χ3v) is 3.06. The molecular formula is C16H24IN5. The van der Waals surface area contributed by atoms with Crippen molar-refractivity contribution in [3.8, 4) is 0 Å². The summed E-state index contributed by atoms with van der Waals surface area (Å²) in [7, 11) is 0. The van der Waals surface area contributed by atoms with Crippen LogP contribution in [0.4, 0.5) is 0 Å². The fourth-order valence-corrected chi connectivity index (χ4v) is 2.02. The van der Waals surface area contributed by atoms with Crippen molar-refractivity contribution in [3.05, 3.63) is 54.1 Å². The SMILES string of the molecule is CCNC(=NCc1ccc(Cn2ccnc2)cc1)NCC.I. The number of benzene rings is 1. The van der Waals surface area contributed by atoms with Crippen LogP contribution >= 0.6 is 24.0 Å². The second-order valence-corrected chi connectivity index (χ2v) is 4.78. The maximum Gasteiger partial charge on any atom is 0.191 e. The smallest absolute Gasteiger partial charge is 0.191 e. The van der Waals surface area contributed by atoms with Crippen molar-refractivity contribution >= 4 is 29.9 Å². The van der Waals surface area contributed by atoms with Gasteiger partial charge in [0.15, 0.2) is 5.96 Å². The molecule has 0 aliphatic heterocycles. The first-order valence-corrected chi connectivity index (χ1v) is 7.37. The van der Waals surface area contributed by atoms with Gasteiger partial charge in [0, 0.05) is 32.0 Å². The number of nitrogens with one attached hydrogen (secondary N) is 2. The number of aromatic nitrogens is 2. The monoisotopic (exact) mass is 413 g/mol. The lowest BCUT2D eigenvalue weighted by Gasteiger charge is -2.09. The molecule has 1 heterocycles. The summed E-state index contributed by atoms with van der Waals surface area (Å²) in [6, 6.07) is 8.55. The van der Waals surface area contributed by atoms with Crippen LogP contribution in [0.25, 0.3) is 0 Å². The Hall–Kier alpha value is -1.57. The summed E-state index contributed by atoms with van der Waals surface area (Å²) in [5.74, 6) is 0.863. The highest BCUT2D eigenvalue weighted by atomic mass is 127. The molecular weight excluding hydrogens is 389 g/mol. The Morgan fingerprint density at radius 2 is 1.73 bits per heavy atom. The first-order valence-electron chi connectivity index (χ1n) is 7.37. The van der Waals surface area contributed by atoms with Crippen molar-refractivity contribution in [1.29, 1.82) is 0 Å². The van der Waals surface area contributed by atoms with Gasteiger partial charge in [0.25, 0.3) is 0 Å². The Balaban J connectivity index is 0.00000242. The fraction of sp³-hybridized carbons (Fsp3) is 0.375. The van der Waals surface area contributed by atoms with E-state index in [0.29, 0.717) is 6.54 Å². The quantitative estimate of drug-likeness (QED) is 0.435. The molecule has 2 N–H and O–H groups in total. The molecule has 5 nitrogen and oxygen atoms in total. The van der Waals surface area contributed by atoms with Gasteiger partial charge in [-0.1, -0.05) is 24.3 Å². The third-order valence-electron chi connectivity index (χ3n) is 3.06.